The first-order chi connectivity index (χ1) is 7.87. The topological polar surface area (TPSA) is 38.8 Å². The van der Waals surface area contributed by atoms with Gasteiger partial charge in [-0.05, 0) is 30.6 Å². The average Bonchev–Trinajstić information content (AvgIpc) is 2.83. The van der Waals surface area contributed by atoms with Crippen LogP contribution in [0.15, 0.2) is 0 Å². The molecule has 1 spiro atoms. The van der Waals surface area contributed by atoms with E-state index in [2.05, 4.69) is 20.8 Å². The van der Waals surface area contributed by atoms with E-state index in [0.29, 0.717) is 17.8 Å². The highest BCUT2D eigenvalue weighted by atomic mass is 35.5. The second kappa shape index (κ2) is 4.13. The molecule has 2 rings (SSSR count). The van der Waals surface area contributed by atoms with Crippen LogP contribution in [0.3, 0.4) is 0 Å². The molecule has 1 aliphatic heterocycles. The van der Waals surface area contributed by atoms with Crippen LogP contribution in [0.25, 0.3) is 0 Å². The van der Waals surface area contributed by atoms with Gasteiger partial charge in [0.1, 0.15) is 5.60 Å². The van der Waals surface area contributed by atoms with Crippen molar-refractivity contribution in [2.45, 2.75) is 50.7 Å². The van der Waals surface area contributed by atoms with Crippen LogP contribution >= 0.6 is 11.6 Å². The molecule has 1 saturated carbocycles. The van der Waals surface area contributed by atoms with Crippen molar-refractivity contribution in [3.8, 4) is 0 Å². The molecule has 0 radical (unpaired) electrons. The van der Waals surface area contributed by atoms with Gasteiger partial charge in [0, 0.05) is 0 Å². The smallest absolute Gasteiger partial charge is 0.357 e. The third-order valence-corrected chi connectivity index (χ3v) is 4.85. The Morgan fingerprint density at radius 3 is 2.65 bits per heavy atom. The molecule has 0 aromatic rings. The second-order valence-corrected chi connectivity index (χ2v) is 6.35. The molecular weight excluding hydrogens is 240 g/mol. The molecule has 0 bridgehead atoms. The number of alkyl halides is 1. The normalized spacial score (nSPS) is 45.1. The van der Waals surface area contributed by atoms with Gasteiger partial charge in [-0.25, -0.2) is 4.79 Å². The number of hydrogen-bond donors (Lipinski definition) is 0. The van der Waals surface area contributed by atoms with Crippen molar-refractivity contribution in [2.24, 2.45) is 17.8 Å². The summed E-state index contributed by atoms with van der Waals surface area (Å²) in [6.45, 7) is 6.52. The number of hydrogen-bond acceptors (Lipinski definition) is 3. The molecule has 4 heteroatoms. The standard InChI is InChI=1S/C13H21ClO3/c1-8(2)10-6-5-9(3)7-12(10)13(14,17-12)11(15)16-4/h8-10H,5-7H2,1-4H3. The van der Waals surface area contributed by atoms with Crippen LogP contribution in [0, 0.1) is 17.8 Å². The van der Waals surface area contributed by atoms with E-state index < -0.39 is 16.6 Å². The first-order valence-electron chi connectivity index (χ1n) is 6.35. The highest BCUT2D eigenvalue weighted by Crippen LogP contribution is 2.64. The molecule has 98 valence electrons. The Hall–Kier alpha value is -0.280. The largest absolute Gasteiger partial charge is 0.466 e. The summed E-state index contributed by atoms with van der Waals surface area (Å²) in [5, 5.41) is -1.23. The van der Waals surface area contributed by atoms with Crippen molar-refractivity contribution in [3.05, 3.63) is 0 Å². The van der Waals surface area contributed by atoms with E-state index in [-0.39, 0.29) is 0 Å². The monoisotopic (exact) mass is 260 g/mol. The van der Waals surface area contributed by atoms with Gasteiger partial charge in [-0.15, -0.1) is 0 Å². The lowest BCUT2D eigenvalue weighted by molar-refractivity contribution is -0.143. The summed E-state index contributed by atoms with van der Waals surface area (Å²) < 4.78 is 10.5. The predicted molar refractivity (Wildman–Crippen MR) is 65.8 cm³/mol. The molecule has 1 aliphatic carbocycles. The van der Waals surface area contributed by atoms with Crippen LogP contribution in [-0.2, 0) is 14.3 Å². The van der Waals surface area contributed by atoms with Gasteiger partial charge in [-0.3, -0.25) is 0 Å². The van der Waals surface area contributed by atoms with Gasteiger partial charge in [-0.2, -0.15) is 0 Å². The number of epoxide rings is 1. The molecule has 2 aliphatic rings. The van der Waals surface area contributed by atoms with Crippen molar-refractivity contribution >= 4 is 17.6 Å². The minimum atomic E-state index is -1.23. The summed E-state index contributed by atoms with van der Waals surface area (Å²) in [7, 11) is 1.36. The maximum absolute atomic E-state index is 11.8. The van der Waals surface area contributed by atoms with Crippen LogP contribution in [0.4, 0.5) is 0 Å². The van der Waals surface area contributed by atoms with Crippen LogP contribution in [0.1, 0.15) is 40.0 Å². The molecule has 0 amide bonds. The Morgan fingerprint density at radius 2 is 2.12 bits per heavy atom. The van der Waals surface area contributed by atoms with Crippen molar-refractivity contribution in [1.29, 1.82) is 0 Å². The maximum Gasteiger partial charge on any atom is 0.357 e. The molecule has 0 aromatic carbocycles. The summed E-state index contributed by atoms with van der Waals surface area (Å²) in [6.07, 6.45) is 3.11. The minimum Gasteiger partial charge on any atom is -0.466 e. The van der Waals surface area contributed by atoms with E-state index in [4.69, 9.17) is 21.1 Å². The zero-order valence-electron chi connectivity index (χ0n) is 11.0. The van der Waals surface area contributed by atoms with Gasteiger partial charge in [0.05, 0.1) is 7.11 Å². The summed E-state index contributed by atoms with van der Waals surface area (Å²) in [5.74, 6) is 0.914. The molecule has 3 nitrogen and oxygen atoms in total. The van der Waals surface area contributed by atoms with Crippen LogP contribution in [-0.4, -0.2) is 23.7 Å². The maximum atomic E-state index is 11.8. The van der Waals surface area contributed by atoms with Gasteiger partial charge >= 0.3 is 5.97 Å². The second-order valence-electron chi connectivity index (χ2n) is 5.82. The molecule has 17 heavy (non-hydrogen) atoms. The molecule has 1 heterocycles. The van der Waals surface area contributed by atoms with E-state index >= 15 is 0 Å². The average molecular weight is 261 g/mol. The van der Waals surface area contributed by atoms with Crippen molar-refractivity contribution in [3.63, 3.8) is 0 Å². The molecule has 0 aromatic heterocycles. The highest BCUT2D eigenvalue weighted by Gasteiger charge is 2.78. The zero-order valence-corrected chi connectivity index (χ0v) is 11.7. The number of halogens is 1. The van der Waals surface area contributed by atoms with E-state index in [1.807, 2.05) is 0 Å². The number of ether oxygens (including phenoxy) is 2. The van der Waals surface area contributed by atoms with Gasteiger partial charge in [0.2, 0.25) is 0 Å². The van der Waals surface area contributed by atoms with Crippen LogP contribution in [0.5, 0.6) is 0 Å². The fourth-order valence-corrected chi connectivity index (χ4v) is 3.83. The summed E-state index contributed by atoms with van der Waals surface area (Å²) >= 11 is 6.34. The van der Waals surface area contributed by atoms with Crippen molar-refractivity contribution < 1.29 is 14.3 Å². The summed E-state index contributed by atoms with van der Waals surface area (Å²) in [5.41, 5.74) is -0.493. The number of carbonyl (C=O) groups is 1. The van der Waals surface area contributed by atoms with Crippen molar-refractivity contribution in [1.82, 2.24) is 0 Å². The van der Waals surface area contributed by atoms with E-state index in [1.165, 1.54) is 13.5 Å². The van der Waals surface area contributed by atoms with Gasteiger partial charge in [0.15, 0.2) is 0 Å². The quantitative estimate of drug-likeness (QED) is 0.435. The Bertz CT molecular complexity index is 331. The van der Waals surface area contributed by atoms with Gasteiger partial charge < -0.3 is 9.47 Å². The first-order valence-corrected chi connectivity index (χ1v) is 6.72. The lowest BCUT2D eigenvalue weighted by Crippen LogP contribution is -2.42. The Balaban J connectivity index is 2.25. The third-order valence-electron chi connectivity index (χ3n) is 4.30. The lowest BCUT2D eigenvalue weighted by atomic mass is 9.68. The van der Waals surface area contributed by atoms with E-state index in [0.717, 1.165) is 12.8 Å². The zero-order chi connectivity index (χ0) is 12.8. The van der Waals surface area contributed by atoms with Crippen molar-refractivity contribution in [2.75, 3.05) is 7.11 Å². The summed E-state index contributed by atoms with van der Waals surface area (Å²) in [4.78, 5) is 11.8. The minimum absolute atomic E-state index is 0.343. The Morgan fingerprint density at radius 1 is 1.47 bits per heavy atom. The number of esters is 1. The lowest BCUT2D eigenvalue weighted by Gasteiger charge is -2.36. The van der Waals surface area contributed by atoms with Gasteiger partial charge in [0.25, 0.3) is 5.06 Å². The molecular formula is C13H21ClO3. The predicted octanol–water partition coefficient (Wildman–Crippen LogP) is 2.96. The highest BCUT2D eigenvalue weighted by molar-refractivity contribution is 6.36. The van der Waals surface area contributed by atoms with E-state index in [1.54, 1.807) is 0 Å². The fourth-order valence-electron chi connectivity index (χ4n) is 3.40. The van der Waals surface area contributed by atoms with E-state index in [9.17, 15) is 4.79 Å². The number of carbonyl (C=O) groups excluding carboxylic acids is 1. The fraction of sp³-hybridized carbons (Fsp3) is 0.923. The summed E-state index contributed by atoms with van der Waals surface area (Å²) in [6, 6.07) is 0. The molecule has 0 N–H and O–H groups in total. The number of methoxy groups -OCH3 is 1. The Labute approximate surface area is 108 Å². The van der Waals surface area contributed by atoms with Gasteiger partial charge in [-0.1, -0.05) is 38.8 Å². The SMILES string of the molecule is COC(=O)C1(Cl)OC12CC(C)CCC2C(C)C. The molecule has 1 saturated heterocycles. The molecule has 4 atom stereocenters. The molecule has 2 fully saturated rings. The Kier molecular flexibility index (Phi) is 3.20. The third kappa shape index (κ3) is 1.78. The molecule has 4 unspecified atom stereocenters. The first kappa shape index (κ1) is 13.2. The van der Waals surface area contributed by atoms with Crippen LogP contribution < -0.4 is 0 Å². The van der Waals surface area contributed by atoms with Crippen LogP contribution in [0.2, 0.25) is 0 Å². The number of rotatable bonds is 2.